The summed E-state index contributed by atoms with van der Waals surface area (Å²) in [5, 5.41) is 20.2. The van der Waals surface area contributed by atoms with E-state index >= 15 is 0 Å². The molecule has 1 aliphatic heterocycles. The number of amides is 1. The molecule has 9 heteroatoms. The Balaban J connectivity index is 1.44. The number of hydrogen-bond acceptors (Lipinski definition) is 6. The molecule has 0 spiro atoms. The van der Waals surface area contributed by atoms with E-state index in [-0.39, 0.29) is 17.5 Å². The maximum atomic E-state index is 14.5. The molecule has 5 rings (SSSR count). The smallest absolute Gasteiger partial charge is 0.239 e. The highest BCUT2D eigenvalue weighted by Gasteiger charge is 2.21. The third-order valence-corrected chi connectivity index (χ3v) is 6.99. The van der Waals surface area contributed by atoms with Gasteiger partial charge in [-0.15, -0.1) is 5.10 Å². The summed E-state index contributed by atoms with van der Waals surface area (Å²) in [5.74, 6) is 0.644. The first kappa shape index (κ1) is 23.8. The molecule has 2 atom stereocenters. The van der Waals surface area contributed by atoms with Crippen molar-refractivity contribution in [3.63, 3.8) is 0 Å². The van der Waals surface area contributed by atoms with E-state index in [1.54, 1.807) is 10.7 Å². The zero-order valence-electron chi connectivity index (χ0n) is 20.1. The van der Waals surface area contributed by atoms with E-state index in [9.17, 15) is 9.18 Å². The second kappa shape index (κ2) is 10.4. The molecule has 186 valence electrons. The zero-order valence-corrected chi connectivity index (χ0v) is 20.1. The summed E-state index contributed by atoms with van der Waals surface area (Å²) in [6.07, 6.45) is 4.36. The molecule has 0 bridgehead atoms. The fraction of sp³-hybridized carbons (Fsp3) is 0.370. The monoisotopic (exact) mass is 487 g/mol. The van der Waals surface area contributed by atoms with E-state index in [2.05, 4.69) is 10.6 Å². The van der Waals surface area contributed by atoms with E-state index in [1.807, 2.05) is 41.3 Å². The van der Waals surface area contributed by atoms with Gasteiger partial charge in [-0.25, -0.2) is 9.07 Å². The number of nitrogens with two attached hydrogens (primary N) is 1. The van der Waals surface area contributed by atoms with Gasteiger partial charge in [0.2, 0.25) is 5.91 Å². The Kier molecular flexibility index (Phi) is 6.87. The van der Waals surface area contributed by atoms with Gasteiger partial charge in [-0.3, -0.25) is 4.79 Å². The van der Waals surface area contributed by atoms with Gasteiger partial charge in [0.25, 0.3) is 0 Å². The predicted octanol–water partition coefficient (Wildman–Crippen LogP) is 3.42. The molecule has 2 aliphatic rings. The van der Waals surface area contributed by atoms with E-state index in [0.717, 1.165) is 50.1 Å². The molecule has 1 saturated heterocycles. The molecular formula is C27H30FN7O. The number of anilines is 2. The van der Waals surface area contributed by atoms with Crippen molar-refractivity contribution >= 4 is 17.4 Å². The third-order valence-electron chi connectivity index (χ3n) is 6.99. The molecular weight excluding hydrogens is 457 g/mol. The molecule has 2 heterocycles. The van der Waals surface area contributed by atoms with Crippen LogP contribution in [0.1, 0.15) is 31.2 Å². The molecule has 1 saturated carbocycles. The quantitative estimate of drug-likeness (QED) is 0.491. The van der Waals surface area contributed by atoms with Crippen LogP contribution in [0, 0.1) is 23.1 Å². The molecule has 0 radical (unpaired) electrons. The highest BCUT2D eigenvalue weighted by molar-refractivity contribution is 5.82. The number of nitriles is 1. The van der Waals surface area contributed by atoms with E-state index in [4.69, 9.17) is 16.1 Å². The van der Waals surface area contributed by atoms with Crippen LogP contribution >= 0.6 is 0 Å². The number of carbonyl (C=O) groups is 1. The van der Waals surface area contributed by atoms with Crippen molar-refractivity contribution in [2.24, 2.45) is 11.7 Å². The van der Waals surface area contributed by atoms with Crippen LogP contribution in [0.25, 0.3) is 16.9 Å². The summed E-state index contributed by atoms with van der Waals surface area (Å²) < 4.78 is 16.3. The Bertz CT molecular complexity index is 1280. The standard InChI is InChI=1S/C27H30FN7O/c28-24-13-19(4-5-20(24)15-29)25-14-26(32-16-18-2-1-3-21(30)12-18)33-35(25)23-8-6-22(7-9-23)34-11-10-31-27(36)17-34/h4-9,13-14,18,21H,1-3,10-12,16-17,30H2,(H,31,36)(H,32,33)/t18-,21-/m0/s1. The van der Waals surface area contributed by atoms with Crippen molar-refractivity contribution < 1.29 is 9.18 Å². The number of hydrogen-bond donors (Lipinski definition) is 3. The summed E-state index contributed by atoms with van der Waals surface area (Å²) in [6, 6.07) is 16.5. The number of nitrogens with zero attached hydrogens (tertiary/aromatic N) is 4. The highest BCUT2D eigenvalue weighted by Crippen LogP contribution is 2.30. The number of halogens is 1. The van der Waals surface area contributed by atoms with Crippen LogP contribution in [0.4, 0.5) is 15.9 Å². The average Bonchev–Trinajstić information content (AvgIpc) is 3.32. The number of rotatable bonds is 6. The van der Waals surface area contributed by atoms with Crippen molar-refractivity contribution in [1.29, 1.82) is 5.26 Å². The summed E-state index contributed by atoms with van der Waals surface area (Å²) in [6.45, 7) is 2.48. The molecule has 8 nitrogen and oxygen atoms in total. The van der Waals surface area contributed by atoms with Gasteiger partial charge >= 0.3 is 0 Å². The number of carbonyl (C=O) groups excluding carboxylic acids is 1. The average molecular weight is 488 g/mol. The van der Waals surface area contributed by atoms with Crippen molar-refractivity contribution in [2.75, 3.05) is 36.4 Å². The maximum absolute atomic E-state index is 14.5. The lowest BCUT2D eigenvalue weighted by Crippen LogP contribution is -2.47. The first-order valence-electron chi connectivity index (χ1n) is 12.4. The van der Waals surface area contributed by atoms with Gasteiger partial charge in [-0.1, -0.05) is 12.5 Å². The summed E-state index contributed by atoms with van der Waals surface area (Å²) in [4.78, 5) is 13.8. The number of benzene rings is 2. The first-order valence-corrected chi connectivity index (χ1v) is 12.4. The van der Waals surface area contributed by atoms with Crippen molar-refractivity contribution in [1.82, 2.24) is 15.1 Å². The fourth-order valence-corrected chi connectivity index (χ4v) is 5.07. The largest absolute Gasteiger partial charge is 0.368 e. The fourth-order valence-electron chi connectivity index (χ4n) is 5.07. The Morgan fingerprint density at radius 3 is 2.69 bits per heavy atom. The van der Waals surface area contributed by atoms with E-state index in [1.165, 1.54) is 12.1 Å². The van der Waals surface area contributed by atoms with Gasteiger partial charge in [0, 0.05) is 43.0 Å². The van der Waals surface area contributed by atoms with Gasteiger partial charge < -0.3 is 21.3 Å². The highest BCUT2D eigenvalue weighted by atomic mass is 19.1. The van der Waals surface area contributed by atoms with Crippen LogP contribution in [-0.4, -0.2) is 47.9 Å². The second-order valence-electron chi connectivity index (χ2n) is 9.59. The molecule has 2 aromatic carbocycles. The lowest BCUT2D eigenvalue weighted by Gasteiger charge is -2.28. The number of aromatic nitrogens is 2. The van der Waals surface area contributed by atoms with Gasteiger partial charge in [-0.05, 0) is 61.6 Å². The first-order chi connectivity index (χ1) is 17.5. The van der Waals surface area contributed by atoms with Crippen LogP contribution in [0.15, 0.2) is 48.5 Å². The summed E-state index contributed by atoms with van der Waals surface area (Å²) in [7, 11) is 0. The number of piperazine rings is 1. The van der Waals surface area contributed by atoms with Gasteiger partial charge in [0.05, 0.1) is 23.5 Å². The molecule has 0 unspecified atom stereocenters. The SMILES string of the molecule is N#Cc1ccc(-c2cc(NC[C@H]3CCC[C@H](N)C3)nn2-c2ccc(N3CCNC(=O)C3)cc2)cc1F. The van der Waals surface area contributed by atoms with Crippen molar-refractivity contribution in [2.45, 2.75) is 31.7 Å². The number of nitrogens with one attached hydrogen (secondary N) is 2. The lowest BCUT2D eigenvalue weighted by molar-refractivity contribution is -0.120. The Morgan fingerprint density at radius 2 is 1.97 bits per heavy atom. The second-order valence-corrected chi connectivity index (χ2v) is 9.59. The molecule has 36 heavy (non-hydrogen) atoms. The molecule has 3 aromatic rings. The van der Waals surface area contributed by atoms with Crippen LogP contribution in [0.2, 0.25) is 0 Å². The Morgan fingerprint density at radius 1 is 1.17 bits per heavy atom. The van der Waals surface area contributed by atoms with Crippen LogP contribution < -0.4 is 21.3 Å². The maximum Gasteiger partial charge on any atom is 0.239 e. The molecule has 4 N–H and O–H groups in total. The van der Waals surface area contributed by atoms with Gasteiger partial charge in [-0.2, -0.15) is 5.26 Å². The predicted molar refractivity (Wildman–Crippen MR) is 137 cm³/mol. The van der Waals surface area contributed by atoms with Crippen molar-refractivity contribution in [3.05, 3.63) is 59.9 Å². The topological polar surface area (TPSA) is 112 Å². The van der Waals surface area contributed by atoms with Crippen molar-refractivity contribution in [3.8, 4) is 23.0 Å². The summed E-state index contributed by atoms with van der Waals surface area (Å²) >= 11 is 0. The minimum atomic E-state index is -0.563. The lowest BCUT2D eigenvalue weighted by atomic mass is 9.86. The minimum absolute atomic E-state index is 0.00622. The van der Waals surface area contributed by atoms with Crippen LogP contribution in [0.3, 0.4) is 0 Å². The van der Waals surface area contributed by atoms with Gasteiger partial charge in [0.15, 0.2) is 0 Å². The minimum Gasteiger partial charge on any atom is -0.368 e. The van der Waals surface area contributed by atoms with Gasteiger partial charge in [0.1, 0.15) is 17.7 Å². The Labute approximate surface area is 209 Å². The Hall–Kier alpha value is -3.90. The molecule has 1 aliphatic carbocycles. The normalized spacial score (nSPS) is 20.0. The molecule has 1 aromatic heterocycles. The van der Waals surface area contributed by atoms with Crippen LogP contribution in [0.5, 0.6) is 0 Å². The van der Waals surface area contributed by atoms with E-state index < -0.39 is 5.82 Å². The summed E-state index contributed by atoms with van der Waals surface area (Å²) in [5.41, 5.74) is 9.27. The molecule has 2 fully saturated rings. The van der Waals surface area contributed by atoms with E-state index in [0.29, 0.717) is 36.1 Å². The molecule has 1 amide bonds. The third kappa shape index (κ3) is 5.19. The zero-order chi connectivity index (χ0) is 25.1. The van der Waals surface area contributed by atoms with Crippen LogP contribution in [-0.2, 0) is 4.79 Å².